The Bertz CT molecular complexity index is 843. The molecule has 9 heteroatoms. The van der Waals surface area contributed by atoms with E-state index in [0.29, 0.717) is 32.1 Å². The van der Waals surface area contributed by atoms with Crippen molar-refractivity contribution >= 4 is 29.2 Å². The van der Waals surface area contributed by atoms with Gasteiger partial charge in [0.05, 0.1) is 27.3 Å². The molecular weight excluding hydrogens is 411 g/mol. The first-order valence-corrected chi connectivity index (χ1v) is 9.93. The molecule has 0 saturated heterocycles. The van der Waals surface area contributed by atoms with E-state index in [0.717, 1.165) is 18.6 Å². The van der Waals surface area contributed by atoms with Gasteiger partial charge in [-0.25, -0.2) is 0 Å². The zero-order chi connectivity index (χ0) is 21.0. The fourth-order valence-electron chi connectivity index (χ4n) is 5.80. The lowest BCUT2D eigenvalue weighted by Crippen LogP contribution is -2.58. The van der Waals surface area contributed by atoms with Crippen molar-refractivity contribution in [2.24, 2.45) is 17.3 Å². The lowest BCUT2D eigenvalue weighted by atomic mass is 9.48. The molecule has 4 saturated carbocycles. The maximum atomic E-state index is 13.1. The Morgan fingerprint density at radius 3 is 2.45 bits per heavy atom. The number of nitrogens with one attached hydrogen (secondary N) is 1. The molecule has 1 amide bonds. The van der Waals surface area contributed by atoms with Gasteiger partial charge in [0, 0.05) is 0 Å². The summed E-state index contributed by atoms with van der Waals surface area (Å²) in [6.45, 7) is -0.711. The van der Waals surface area contributed by atoms with Crippen LogP contribution in [0, 0.1) is 17.3 Å². The second-order valence-corrected chi connectivity index (χ2v) is 9.16. The molecule has 0 spiro atoms. The molecule has 5 nitrogen and oxygen atoms in total. The van der Waals surface area contributed by atoms with Gasteiger partial charge in [0.1, 0.15) is 0 Å². The number of carbonyl (C=O) groups is 2. The monoisotopic (exact) mass is 431 g/mol. The summed E-state index contributed by atoms with van der Waals surface area (Å²) in [5, 5.41) is 12.6. The van der Waals surface area contributed by atoms with Crippen molar-refractivity contribution in [1.29, 1.82) is 0 Å². The predicted molar refractivity (Wildman–Crippen MR) is 98.1 cm³/mol. The van der Waals surface area contributed by atoms with Crippen LogP contribution in [-0.4, -0.2) is 29.2 Å². The van der Waals surface area contributed by atoms with E-state index >= 15 is 0 Å². The van der Waals surface area contributed by atoms with Crippen molar-refractivity contribution in [2.75, 3.05) is 11.9 Å². The molecule has 158 valence electrons. The van der Waals surface area contributed by atoms with Crippen LogP contribution < -0.4 is 5.32 Å². The van der Waals surface area contributed by atoms with Gasteiger partial charge in [-0.15, -0.1) is 0 Å². The molecule has 4 bridgehead atoms. The van der Waals surface area contributed by atoms with E-state index in [1.807, 2.05) is 0 Å². The van der Waals surface area contributed by atoms with E-state index in [9.17, 15) is 27.9 Å². The number of aliphatic hydroxyl groups is 1. The first kappa shape index (κ1) is 20.5. The molecule has 4 fully saturated rings. The molecule has 1 aromatic carbocycles. The maximum absolute atomic E-state index is 13.1. The van der Waals surface area contributed by atoms with E-state index < -0.39 is 46.9 Å². The number of hydrogen-bond acceptors (Lipinski definition) is 4. The number of anilines is 1. The number of rotatable bonds is 4. The Hall–Kier alpha value is -1.80. The second kappa shape index (κ2) is 6.87. The average Bonchev–Trinajstić information content (AvgIpc) is 2.58. The van der Waals surface area contributed by atoms with Crippen molar-refractivity contribution < 1.29 is 32.6 Å². The van der Waals surface area contributed by atoms with Gasteiger partial charge in [-0.05, 0) is 62.5 Å². The topological polar surface area (TPSA) is 75.6 Å². The Balaban J connectivity index is 1.42. The standard InChI is InChI=1S/C20H21ClF3NO4/c21-14-3-1-2-13(20(22,23)24)16(14)25-15(26)9-29-17(27)18-5-11-4-12(6-18)8-19(28,7-11)10-18/h1-3,11-12,28H,4-10H2,(H,25,26)/t11-,12-,18?,19?/m0/s1. The van der Waals surface area contributed by atoms with Gasteiger partial charge in [0.15, 0.2) is 6.61 Å². The molecule has 1 aromatic rings. The van der Waals surface area contributed by atoms with Crippen LogP contribution in [0.4, 0.5) is 18.9 Å². The number of esters is 1. The van der Waals surface area contributed by atoms with Gasteiger partial charge >= 0.3 is 12.1 Å². The summed E-state index contributed by atoms with van der Waals surface area (Å²) in [7, 11) is 0. The molecule has 0 heterocycles. The fourth-order valence-corrected chi connectivity index (χ4v) is 6.02. The number of ether oxygens (including phenoxy) is 1. The summed E-state index contributed by atoms with van der Waals surface area (Å²) in [6, 6.07) is 3.18. The molecule has 2 atom stereocenters. The molecule has 0 aliphatic heterocycles. The largest absolute Gasteiger partial charge is 0.455 e. The van der Waals surface area contributed by atoms with Crippen molar-refractivity contribution in [2.45, 2.75) is 50.3 Å². The molecule has 5 rings (SSSR count). The third-order valence-corrected chi connectivity index (χ3v) is 6.70. The van der Waals surface area contributed by atoms with Gasteiger partial charge < -0.3 is 15.2 Å². The average molecular weight is 432 g/mol. The summed E-state index contributed by atoms with van der Waals surface area (Å²) < 4.78 is 44.6. The highest BCUT2D eigenvalue weighted by molar-refractivity contribution is 6.34. The number of amides is 1. The van der Waals surface area contributed by atoms with Gasteiger partial charge in [-0.1, -0.05) is 17.7 Å². The number of hydrogen-bond donors (Lipinski definition) is 2. The molecule has 4 aliphatic carbocycles. The van der Waals surface area contributed by atoms with E-state index in [2.05, 4.69) is 5.32 Å². The van der Waals surface area contributed by atoms with E-state index in [-0.39, 0.29) is 16.9 Å². The van der Waals surface area contributed by atoms with E-state index in [1.165, 1.54) is 6.07 Å². The maximum Gasteiger partial charge on any atom is 0.418 e. The Morgan fingerprint density at radius 1 is 1.21 bits per heavy atom. The van der Waals surface area contributed by atoms with Gasteiger partial charge in [-0.3, -0.25) is 9.59 Å². The number of benzene rings is 1. The van der Waals surface area contributed by atoms with Gasteiger partial charge in [0.2, 0.25) is 0 Å². The summed E-state index contributed by atoms with van der Waals surface area (Å²) >= 11 is 5.82. The first-order chi connectivity index (χ1) is 13.5. The molecule has 4 aliphatic rings. The van der Waals surface area contributed by atoms with Crippen LogP contribution in [0.3, 0.4) is 0 Å². The first-order valence-electron chi connectivity index (χ1n) is 9.55. The lowest BCUT2D eigenvalue weighted by molar-refractivity contribution is -0.196. The van der Waals surface area contributed by atoms with Crippen LogP contribution in [0.25, 0.3) is 0 Å². The number of halogens is 4. The highest BCUT2D eigenvalue weighted by atomic mass is 35.5. The molecule has 0 unspecified atom stereocenters. The van der Waals surface area contributed by atoms with Crippen LogP contribution in [0.15, 0.2) is 18.2 Å². The van der Waals surface area contributed by atoms with Crippen molar-refractivity contribution in [3.63, 3.8) is 0 Å². The smallest absolute Gasteiger partial charge is 0.418 e. The van der Waals surface area contributed by atoms with Crippen LogP contribution in [-0.2, 0) is 20.5 Å². The molecule has 0 aromatic heterocycles. The van der Waals surface area contributed by atoms with Crippen molar-refractivity contribution in [1.82, 2.24) is 0 Å². The molecular formula is C20H21ClF3NO4. The Morgan fingerprint density at radius 2 is 1.86 bits per heavy atom. The third-order valence-electron chi connectivity index (χ3n) is 6.38. The summed E-state index contributed by atoms with van der Waals surface area (Å²) in [5.74, 6) is -0.934. The number of alkyl halides is 3. The Labute approximate surface area is 170 Å². The molecule has 0 radical (unpaired) electrons. The van der Waals surface area contributed by atoms with E-state index in [4.69, 9.17) is 16.3 Å². The zero-order valence-electron chi connectivity index (χ0n) is 15.5. The normalized spacial score (nSPS) is 32.9. The highest BCUT2D eigenvalue weighted by Crippen LogP contribution is 2.62. The predicted octanol–water partition coefficient (Wildman–Crippen LogP) is 4.17. The van der Waals surface area contributed by atoms with Crippen molar-refractivity contribution in [3.05, 3.63) is 28.8 Å². The molecule has 2 N–H and O–H groups in total. The minimum atomic E-state index is -4.70. The highest BCUT2D eigenvalue weighted by Gasteiger charge is 2.60. The third kappa shape index (κ3) is 3.84. The summed E-state index contributed by atoms with van der Waals surface area (Å²) in [6.07, 6.45) is -0.777. The van der Waals surface area contributed by atoms with Crippen LogP contribution in [0.2, 0.25) is 5.02 Å². The van der Waals surface area contributed by atoms with Crippen LogP contribution >= 0.6 is 11.6 Å². The lowest BCUT2D eigenvalue weighted by Gasteiger charge is -2.58. The van der Waals surface area contributed by atoms with E-state index in [1.54, 1.807) is 0 Å². The Kier molecular flexibility index (Phi) is 4.85. The quantitative estimate of drug-likeness (QED) is 0.701. The van der Waals surface area contributed by atoms with Crippen LogP contribution in [0.5, 0.6) is 0 Å². The second-order valence-electron chi connectivity index (χ2n) is 8.75. The minimum absolute atomic E-state index is 0.261. The minimum Gasteiger partial charge on any atom is -0.455 e. The van der Waals surface area contributed by atoms with Crippen LogP contribution in [0.1, 0.15) is 44.1 Å². The number of para-hydroxylation sites is 1. The molecule has 29 heavy (non-hydrogen) atoms. The zero-order valence-corrected chi connectivity index (χ0v) is 16.3. The van der Waals surface area contributed by atoms with Gasteiger partial charge in [0.25, 0.3) is 5.91 Å². The van der Waals surface area contributed by atoms with Gasteiger partial charge in [-0.2, -0.15) is 13.2 Å². The summed E-state index contributed by atoms with van der Waals surface area (Å²) in [5.41, 5.74) is -3.30. The van der Waals surface area contributed by atoms with Crippen molar-refractivity contribution in [3.8, 4) is 0 Å². The number of carbonyl (C=O) groups excluding carboxylic acids is 2. The summed E-state index contributed by atoms with van der Waals surface area (Å²) in [4.78, 5) is 24.9. The fraction of sp³-hybridized carbons (Fsp3) is 0.600. The SMILES string of the molecule is O=C(COC(=O)C12C[C@@H]3C[C@H](CC(O)(C3)C1)C2)Nc1c(Cl)cccc1C(F)(F)F.